The van der Waals surface area contributed by atoms with Gasteiger partial charge < -0.3 is 5.11 Å². The largest absolute Gasteiger partial charge is 0.388 e. The van der Waals surface area contributed by atoms with Gasteiger partial charge in [0.05, 0.1) is 17.8 Å². The molecule has 1 aliphatic rings. The number of aliphatic hydroxyl groups excluding tert-OH is 1. The summed E-state index contributed by atoms with van der Waals surface area (Å²) >= 11 is 0. The zero-order valence-electron chi connectivity index (χ0n) is 13.8. The van der Waals surface area contributed by atoms with Crippen LogP contribution >= 0.6 is 0 Å². The van der Waals surface area contributed by atoms with Gasteiger partial charge in [0.2, 0.25) is 0 Å². The maximum atomic E-state index is 10.4. The van der Waals surface area contributed by atoms with E-state index in [0.717, 1.165) is 40.9 Å². The van der Waals surface area contributed by atoms with Crippen LogP contribution in [0.3, 0.4) is 0 Å². The summed E-state index contributed by atoms with van der Waals surface area (Å²) in [6.07, 6.45) is 4.74. The fourth-order valence-electron chi connectivity index (χ4n) is 3.35. The number of aliphatic hydroxyl groups is 1. The third-order valence-electron chi connectivity index (χ3n) is 4.51. The molecule has 0 amide bonds. The molecule has 1 unspecified atom stereocenters. The standard InChI is InChI=1S/C20H19N3O/c1-20(2)11-18-17(19(24)12-20)10-14(13-21-18)6-7-15-4-3-5-16-8-9-22-23(15)16/h3-5,8-10,13,19,24H,11-12H2,1-2H3. The number of fused-ring (bicyclic) bond motifs is 2. The van der Waals surface area contributed by atoms with Crippen molar-refractivity contribution >= 4 is 5.52 Å². The Morgan fingerprint density at radius 2 is 2.12 bits per heavy atom. The molecule has 4 heteroatoms. The molecule has 24 heavy (non-hydrogen) atoms. The lowest BCUT2D eigenvalue weighted by molar-refractivity contribution is 0.0981. The summed E-state index contributed by atoms with van der Waals surface area (Å²) in [6.45, 7) is 4.33. The van der Waals surface area contributed by atoms with Gasteiger partial charge >= 0.3 is 0 Å². The van der Waals surface area contributed by atoms with E-state index in [9.17, 15) is 5.11 Å². The molecule has 3 aromatic rings. The Morgan fingerprint density at radius 3 is 3.00 bits per heavy atom. The first-order valence-corrected chi connectivity index (χ1v) is 8.14. The van der Waals surface area contributed by atoms with Crippen LogP contribution in [0.25, 0.3) is 5.52 Å². The number of nitrogens with zero attached hydrogens (tertiary/aromatic N) is 3. The lowest BCUT2D eigenvalue weighted by atomic mass is 9.75. The van der Waals surface area contributed by atoms with Gasteiger partial charge in [-0.3, -0.25) is 4.98 Å². The van der Waals surface area contributed by atoms with Gasteiger partial charge in [-0.15, -0.1) is 0 Å². The van der Waals surface area contributed by atoms with Crippen LogP contribution in [0.15, 0.2) is 42.7 Å². The van der Waals surface area contributed by atoms with Gasteiger partial charge in [0, 0.05) is 23.0 Å². The van der Waals surface area contributed by atoms with Gasteiger partial charge in [-0.05, 0) is 48.4 Å². The molecule has 3 aromatic heterocycles. The second-order valence-corrected chi connectivity index (χ2v) is 7.15. The van der Waals surface area contributed by atoms with Crippen LogP contribution in [-0.2, 0) is 6.42 Å². The SMILES string of the molecule is CC1(C)Cc2ncc(C#Cc3cccc4ccnn34)cc2C(O)C1. The predicted molar refractivity (Wildman–Crippen MR) is 92.5 cm³/mol. The Hall–Kier alpha value is -2.64. The van der Waals surface area contributed by atoms with Crippen molar-refractivity contribution in [2.24, 2.45) is 5.41 Å². The lowest BCUT2D eigenvalue weighted by Gasteiger charge is -2.33. The smallest absolute Gasteiger partial charge is 0.115 e. The average molecular weight is 317 g/mol. The maximum absolute atomic E-state index is 10.4. The van der Waals surface area contributed by atoms with Crippen molar-refractivity contribution in [2.75, 3.05) is 0 Å². The van der Waals surface area contributed by atoms with Gasteiger partial charge in [-0.2, -0.15) is 5.10 Å². The van der Waals surface area contributed by atoms with Crippen molar-refractivity contribution in [1.82, 2.24) is 14.6 Å². The molecule has 0 bridgehead atoms. The second-order valence-electron chi connectivity index (χ2n) is 7.15. The molecule has 3 heterocycles. The quantitative estimate of drug-likeness (QED) is 0.648. The highest BCUT2D eigenvalue weighted by Gasteiger charge is 2.32. The Kier molecular flexibility index (Phi) is 3.40. The van der Waals surface area contributed by atoms with Crippen LogP contribution < -0.4 is 0 Å². The van der Waals surface area contributed by atoms with E-state index in [1.54, 1.807) is 12.4 Å². The Labute approximate surface area is 141 Å². The fraction of sp³-hybridized carbons (Fsp3) is 0.300. The number of aromatic nitrogens is 3. The zero-order chi connectivity index (χ0) is 16.7. The summed E-state index contributed by atoms with van der Waals surface area (Å²) in [5, 5.41) is 14.7. The normalized spacial score (nSPS) is 18.7. The summed E-state index contributed by atoms with van der Waals surface area (Å²) in [4.78, 5) is 4.54. The van der Waals surface area contributed by atoms with Gasteiger partial charge in [0.1, 0.15) is 5.69 Å². The average Bonchev–Trinajstić information content (AvgIpc) is 3.01. The summed E-state index contributed by atoms with van der Waals surface area (Å²) in [5.74, 6) is 6.31. The first kappa shape index (κ1) is 14.9. The number of pyridine rings is 2. The highest BCUT2D eigenvalue weighted by atomic mass is 16.3. The van der Waals surface area contributed by atoms with Crippen molar-refractivity contribution in [3.63, 3.8) is 0 Å². The third kappa shape index (κ3) is 2.68. The summed E-state index contributed by atoms with van der Waals surface area (Å²) in [5.41, 5.74) is 4.65. The Bertz CT molecular complexity index is 975. The second kappa shape index (κ2) is 5.47. The maximum Gasteiger partial charge on any atom is 0.115 e. The molecule has 0 saturated heterocycles. The highest BCUT2D eigenvalue weighted by molar-refractivity contribution is 5.50. The van der Waals surface area contributed by atoms with E-state index in [1.807, 2.05) is 34.8 Å². The van der Waals surface area contributed by atoms with Crippen molar-refractivity contribution in [3.05, 3.63) is 65.2 Å². The number of hydrogen-bond donors (Lipinski definition) is 1. The van der Waals surface area contributed by atoms with Crippen LogP contribution in [0.5, 0.6) is 0 Å². The molecule has 0 aromatic carbocycles. The highest BCUT2D eigenvalue weighted by Crippen LogP contribution is 2.39. The monoisotopic (exact) mass is 317 g/mol. The first-order valence-electron chi connectivity index (χ1n) is 8.14. The minimum Gasteiger partial charge on any atom is -0.388 e. The minimum absolute atomic E-state index is 0.0857. The molecule has 0 fully saturated rings. The molecule has 0 saturated carbocycles. The summed E-state index contributed by atoms with van der Waals surface area (Å²) in [7, 11) is 0. The van der Waals surface area contributed by atoms with E-state index in [1.165, 1.54) is 0 Å². The summed E-state index contributed by atoms with van der Waals surface area (Å²) < 4.78 is 1.82. The molecule has 0 aliphatic heterocycles. The topological polar surface area (TPSA) is 50.4 Å². The van der Waals surface area contributed by atoms with Gasteiger partial charge in [-0.25, -0.2) is 4.52 Å². The van der Waals surface area contributed by atoms with Crippen LogP contribution in [0.4, 0.5) is 0 Å². The number of rotatable bonds is 0. The van der Waals surface area contributed by atoms with Crippen molar-refractivity contribution < 1.29 is 5.11 Å². The lowest BCUT2D eigenvalue weighted by Crippen LogP contribution is -2.26. The van der Waals surface area contributed by atoms with E-state index >= 15 is 0 Å². The molecule has 1 N–H and O–H groups in total. The van der Waals surface area contributed by atoms with Crippen molar-refractivity contribution in [3.8, 4) is 11.8 Å². The fourth-order valence-corrected chi connectivity index (χ4v) is 3.35. The molecule has 0 spiro atoms. The van der Waals surface area contributed by atoms with E-state index in [-0.39, 0.29) is 5.41 Å². The van der Waals surface area contributed by atoms with E-state index in [2.05, 4.69) is 35.8 Å². The van der Waals surface area contributed by atoms with E-state index < -0.39 is 6.10 Å². The zero-order valence-corrected chi connectivity index (χ0v) is 13.8. The first-order chi connectivity index (χ1) is 11.5. The summed E-state index contributed by atoms with van der Waals surface area (Å²) in [6, 6.07) is 9.83. The van der Waals surface area contributed by atoms with Crippen LogP contribution in [0.2, 0.25) is 0 Å². The van der Waals surface area contributed by atoms with Gasteiger partial charge in [-0.1, -0.05) is 25.8 Å². The van der Waals surface area contributed by atoms with Crippen LogP contribution in [0.1, 0.15) is 48.9 Å². The molecular formula is C20H19N3O. The van der Waals surface area contributed by atoms with E-state index in [0.29, 0.717) is 0 Å². The van der Waals surface area contributed by atoms with Crippen molar-refractivity contribution in [2.45, 2.75) is 32.8 Å². The molecule has 120 valence electrons. The number of hydrogen-bond acceptors (Lipinski definition) is 3. The molecular weight excluding hydrogens is 298 g/mol. The Morgan fingerprint density at radius 1 is 1.25 bits per heavy atom. The van der Waals surface area contributed by atoms with Gasteiger partial charge in [0.15, 0.2) is 0 Å². The van der Waals surface area contributed by atoms with Crippen LogP contribution in [-0.4, -0.2) is 19.7 Å². The molecule has 4 rings (SSSR count). The molecule has 0 radical (unpaired) electrons. The van der Waals surface area contributed by atoms with Gasteiger partial charge in [0.25, 0.3) is 0 Å². The third-order valence-corrected chi connectivity index (χ3v) is 4.51. The van der Waals surface area contributed by atoms with Crippen LogP contribution in [0, 0.1) is 17.3 Å². The molecule has 4 nitrogen and oxygen atoms in total. The Balaban J connectivity index is 1.70. The minimum atomic E-state index is -0.465. The predicted octanol–water partition coefficient (Wildman–Crippen LogP) is 3.13. The van der Waals surface area contributed by atoms with E-state index in [4.69, 9.17) is 0 Å². The molecule has 1 aliphatic carbocycles. The van der Waals surface area contributed by atoms with Crippen molar-refractivity contribution in [1.29, 1.82) is 0 Å². The molecule has 1 atom stereocenters.